The number of carboxylic acids is 1. The number of benzene rings is 1. The van der Waals surface area contributed by atoms with E-state index in [0.717, 1.165) is 50.7 Å². The van der Waals surface area contributed by atoms with Gasteiger partial charge in [-0.05, 0) is 50.5 Å². The fourth-order valence-electron chi connectivity index (χ4n) is 2.71. The summed E-state index contributed by atoms with van der Waals surface area (Å²) in [5, 5.41) is 12.3. The third-order valence-corrected chi connectivity index (χ3v) is 4.28. The van der Waals surface area contributed by atoms with Crippen molar-refractivity contribution in [3.63, 3.8) is 0 Å². The summed E-state index contributed by atoms with van der Waals surface area (Å²) in [6, 6.07) is 7.04. The lowest BCUT2D eigenvalue weighted by molar-refractivity contribution is -0.148. The summed E-state index contributed by atoms with van der Waals surface area (Å²) >= 11 is 0. The SMILES string of the molecule is CCCCCC(CCCC)OC(=O)C(=CNc1ccc(OCC)cc1)C(=O)O. The van der Waals surface area contributed by atoms with Gasteiger partial charge in [0.05, 0.1) is 6.61 Å². The third kappa shape index (κ3) is 8.93. The summed E-state index contributed by atoms with van der Waals surface area (Å²) < 4.78 is 10.9. The van der Waals surface area contributed by atoms with Gasteiger partial charge in [-0.15, -0.1) is 0 Å². The molecule has 1 aromatic carbocycles. The average molecular weight is 392 g/mol. The maximum absolute atomic E-state index is 12.4. The van der Waals surface area contributed by atoms with Gasteiger partial charge < -0.3 is 19.9 Å². The fraction of sp³-hybridized carbons (Fsp3) is 0.545. The number of esters is 1. The second kappa shape index (κ2) is 13.6. The summed E-state index contributed by atoms with van der Waals surface area (Å²) in [5.74, 6) is -1.39. The van der Waals surface area contributed by atoms with Crippen LogP contribution in [0.25, 0.3) is 0 Å². The van der Waals surface area contributed by atoms with Gasteiger partial charge in [0.2, 0.25) is 0 Å². The first-order valence-electron chi connectivity index (χ1n) is 10.2. The maximum atomic E-state index is 12.4. The quantitative estimate of drug-likeness (QED) is 0.150. The number of ether oxygens (including phenoxy) is 2. The van der Waals surface area contributed by atoms with E-state index in [0.29, 0.717) is 12.3 Å². The molecule has 0 spiro atoms. The first-order chi connectivity index (χ1) is 13.5. The number of carbonyl (C=O) groups is 2. The van der Waals surface area contributed by atoms with E-state index in [4.69, 9.17) is 9.47 Å². The van der Waals surface area contributed by atoms with E-state index in [1.807, 2.05) is 6.92 Å². The summed E-state index contributed by atoms with van der Waals surface area (Å²) in [5.41, 5.74) is 0.242. The minimum absolute atomic E-state index is 0.243. The Labute approximate surface area is 167 Å². The van der Waals surface area contributed by atoms with Crippen molar-refractivity contribution in [3.8, 4) is 5.75 Å². The highest BCUT2D eigenvalue weighted by Gasteiger charge is 2.22. The largest absolute Gasteiger partial charge is 0.494 e. The minimum atomic E-state index is -1.31. The second-order valence-electron chi connectivity index (χ2n) is 6.63. The topological polar surface area (TPSA) is 84.9 Å². The number of anilines is 1. The molecule has 0 fully saturated rings. The van der Waals surface area contributed by atoms with Crippen molar-refractivity contribution >= 4 is 17.6 Å². The van der Waals surface area contributed by atoms with E-state index in [1.165, 1.54) is 6.20 Å². The molecule has 0 radical (unpaired) electrons. The number of hydrogen-bond acceptors (Lipinski definition) is 5. The third-order valence-electron chi connectivity index (χ3n) is 4.28. The van der Waals surface area contributed by atoms with Gasteiger partial charge in [0, 0.05) is 11.9 Å². The molecule has 0 saturated heterocycles. The monoisotopic (exact) mass is 391 g/mol. The molecule has 156 valence electrons. The molecule has 1 atom stereocenters. The van der Waals surface area contributed by atoms with Gasteiger partial charge in [-0.3, -0.25) is 0 Å². The molecule has 1 unspecified atom stereocenters. The molecule has 1 aromatic rings. The molecule has 0 aliphatic carbocycles. The van der Waals surface area contributed by atoms with Gasteiger partial charge in [0.1, 0.15) is 11.9 Å². The molecule has 0 aliphatic heterocycles. The Bertz CT molecular complexity index is 624. The van der Waals surface area contributed by atoms with E-state index in [2.05, 4.69) is 19.2 Å². The predicted molar refractivity (Wildman–Crippen MR) is 110 cm³/mol. The van der Waals surface area contributed by atoms with Crippen molar-refractivity contribution in [1.29, 1.82) is 0 Å². The Morgan fingerprint density at radius 1 is 1.04 bits per heavy atom. The number of nitrogens with one attached hydrogen (secondary N) is 1. The van der Waals surface area contributed by atoms with Crippen LogP contribution in [0.3, 0.4) is 0 Å². The van der Waals surface area contributed by atoms with Crippen LogP contribution < -0.4 is 10.1 Å². The molecule has 6 nitrogen and oxygen atoms in total. The molecular formula is C22H33NO5. The second-order valence-corrected chi connectivity index (χ2v) is 6.63. The lowest BCUT2D eigenvalue weighted by atomic mass is 10.1. The molecule has 2 N–H and O–H groups in total. The smallest absolute Gasteiger partial charge is 0.347 e. The van der Waals surface area contributed by atoms with Gasteiger partial charge in [0.15, 0.2) is 5.57 Å². The summed E-state index contributed by atoms with van der Waals surface area (Å²) in [4.78, 5) is 23.9. The highest BCUT2D eigenvalue weighted by Crippen LogP contribution is 2.18. The van der Waals surface area contributed by atoms with Gasteiger partial charge in [-0.25, -0.2) is 9.59 Å². The number of rotatable bonds is 14. The van der Waals surface area contributed by atoms with Crippen molar-refractivity contribution in [2.24, 2.45) is 0 Å². The molecule has 0 bridgehead atoms. The van der Waals surface area contributed by atoms with Crippen molar-refractivity contribution in [1.82, 2.24) is 0 Å². The molecule has 0 amide bonds. The number of hydrogen-bond donors (Lipinski definition) is 2. The van der Waals surface area contributed by atoms with Crippen LogP contribution in [0.15, 0.2) is 36.0 Å². The number of unbranched alkanes of at least 4 members (excludes halogenated alkanes) is 3. The van der Waals surface area contributed by atoms with Crippen LogP contribution in [-0.2, 0) is 14.3 Å². The van der Waals surface area contributed by atoms with Crippen LogP contribution in [0.1, 0.15) is 65.7 Å². The first kappa shape index (κ1) is 23.5. The molecule has 6 heteroatoms. The number of carbonyl (C=O) groups excluding carboxylic acids is 1. The average Bonchev–Trinajstić information content (AvgIpc) is 2.67. The van der Waals surface area contributed by atoms with E-state index < -0.39 is 17.5 Å². The lowest BCUT2D eigenvalue weighted by Crippen LogP contribution is -2.23. The summed E-state index contributed by atoms with van der Waals surface area (Å²) in [6.45, 7) is 6.66. The van der Waals surface area contributed by atoms with E-state index in [-0.39, 0.29) is 6.10 Å². The van der Waals surface area contributed by atoms with Crippen LogP contribution >= 0.6 is 0 Å². The van der Waals surface area contributed by atoms with Crippen LogP contribution in [0.4, 0.5) is 5.69 Å². The maximum Gasteiger partial charge on any atom is 0.347 e. The zero-order valence-electron chi connectivity index (χ0n) is 17.2. The molecule has 0 heterocycles. The molecule has 0 aliphatic rings. The van der Waals surface area contributed by atoms with E-state index in [1.54, 1.807) is 24.3 Å². The highest BCUT2D eigenvalue weighted by atomic mass is 16.5. The normalized spacial score (nSPS) is 12.3. The molecule has 0 saturated carbocycles. The summed E-state index contributed by atoms with van der Waals surface area (Å²) in [6.07, 6.45) is 7.53. The van der Waals surface area contributed by atoms with Gasteiger partial charge in [0.25, 0.3) is 0 Å². The minimum Gasteiger partial charge on any atom is -0.494 e. The Morgan fingerprint density at radius 2 is 1.68 bits per heavy atom. The zero-order valence-corrected chi connectivity index (χ0v) is 17.2. The van der Waals surface area contributed by atoms with Crippen molar-refractivity contribution in [2.45, 2.75) is 71.8 Å². The highest BCUT2D eigenvalue weighted by molar-refractivity contribution is 6.13. The number of aliphatic carboxylic acids is 1. The van der Waals surface area contributed by atoms with Gasteiger partial charge in [-0.1, -0.05) is 39.5 Å². The standard InChI is InChI=1S/C22H33NO5/c1-4-7-9-11-19(10-8-5-2)28-22(26)20(21(24)25)16-23-17-12-14-18(15-13-17)27-6-3/h12-16,19,23H,4-11H2,1-3H3,(H,24,25). The van der Waals surface area contributed by atoms with Crippen LogP contribution in [-0.4, -0.2) is 29.8 Å². The Hall–Kier alpha value is -2.50. The van der Waals surface area contributed by atoms with Crippen molar-refractivity contribution < 1.29 is 24.2 Å². The molecule has 1 rings (SSSR count). The Kier molecular flexibility index (Phi) is 11.5. The Balaban J connectivity index is 2.76. The van der Waals surface area contributed by atoms with Gasteiger partial charge in [-0.2, -0.15) is 0 Å². The fourth-order valence-corrected chi connectivity index (χ4v) is 2.71. The van der Waals surface area contributed by atoms with Crippen LogP contribution in [0.2, 0.25) is 0 Å². The molecular weight excluding hydrogens is 358 g/mol. The van der Waals surface area contributed by atoms with Crippen LogP contribution in [0, 0.1) is 0 Å². The Morgan fingerprint density at radius 3 is 2.25 bits per heavy atom. The first-order valence-corrected chi connectivity index (χ1v) is 10.2. The summed E-state index contributed by atoms with van der Waals surface area (Å²) in [7, 11) is 0. The van der Waals surface area contributed by atoms with E-state index in [9.17, 15) is 14.7 Å². The van der Waals surface area contributed by atoms with Gasteiger partial charge >= 0.3 is 11.9 Å². The van der Waals surface area contributed by atoms with Crippen molar-refractivity contribution in [2.75, 3.05) is 11.9 Å². The van der Waals surface area contributed by atoms with Crippen molar-refractivity contribution in [3.05, 3.63) is 36.0 Å². The molecule has 28 heavy (non-hydrogen) atoms. The van der Waals surface area contributed by atoms with E-state index >= 15 is 0 Å². The predicted octanol–water partition coefficient (Wildman–Crippen LogP) is 5.15. The lowest BCUT2D eigenvalue weighted by Gasteiger charge is -2.18. The zero-order chi connectivity index (χ0) is 20.8. The molecule has 0 aromatic heterocycles. The van der Waals surface area contributed by atoms with Crippen LogP contribution in [0.5, 0.6) is 5.75 Å². The number of carboxylic acid groups (broad SMARTS) is 1.